The van der Waals surface area contributed by atoms with Gasteiger partial charge in [-0.2, -0.15) is 0 Å². The van der Waals surface area contributed by atoms with Crippen LogP contribution in [0.15, 0.2) is 97.2 Å². The summed E-state index contributed by atoms with van der Waals surface area (Å²) in [5.74, 6) is -0.877. The third kappa shape index (κ3) is 5.68. The number of anilines is 3. The molecule has 1 aliphatic rings. The van der Waals surface area contributed by atoms with Gasteiger partial charge in [-0.15, -0.1) is 5.10 Å². The van der Waals surface area contributed by atoms with E-state index in [4.69, 9.17) is 5.11 Å². The molecule has 2 heterocycles. The molecule has 3 aromatic carbocycles. The Labute approximate surface area is 239 Å². The average Bonchev–Trinajstić information content (AvgIpc) is 3.53. The number of hydrogen-bond donors (Lipinski definition) is 2. The molecule has 2 amide bonds. The molecule has 0 radical (unpaired) electrons. The molecule has 1 aromatic heterocycles. The number of rotatable bonds is 12. The van der Waals surface area contributed by atoms with Crippen LogP contribution in [0.25, 0.3) is 0 Å². The molecule has 0 bridgehead atoms. The van der Waals surface area contributed by atoms with Crippen molar-refractivity contribution in [1.29, 1.82) is 0 Å². The topological polar surface area (TPSA) is 112 Å². The lowest BCUT2D eigenvalue weighted by Crippen LogP contribution is -2.44. The number of nitrogens with zero attached hydrogens (tertiary/aromatic N) is 5. The summed E-state index contributed by atoms with van der Waals surface area (Å²) in [6, 6.07) is 24.2. The molecule has 41 heavy (non-hydrogen) atoms. The minimum absolute atomic E-state index is 0.0253. The van der Waals surface area contributed by atoms with Gasteiger partial charge in [0.15, 0.2) is 5.60 Å². The predicted octanol–water partition coefficient (Wildman–Crippen LogP) is 4.12. The molecule has 210 valence electrons. The van der Waals surface area contributed by atoms with E-state index in [-0.39, 0.29) is 19.1 Å². The minimum Gasteiger partial charge on any atom is -0.396 e. The SMILES string of the molecule is C[C@@H](/C=C/CCn1cc(CCO)nn1)[C@]1(O)C(=O)N(Cc2cccc(N(C=O)c3ccccc3)c2)c2ccccc21. The molecule has 5 rings (SSSR count). The van der Waals surface area contributed by atoms with Crippen LogP contribution in [0.3, 0.4) is 0 Å². The van der Waals surface area contributed by atoms with Gasteiger partial charge >= 0.3 is 0 Å². The molecule has 9 heteroatoms. The largest absolute Gasteiger partial charge is 0.396 e. The van der Waals surface area contributed by atoms with Crippen molar-refractivity contribution >= 4 is 29.4 Å². The lowest BCUT2D eigenvalue weighted by Gasteiger charge is -2.28. The van der Waals surface area contributed by atoms with E-state index in [9.17, 15) is 14.7 Å². The lowest BCUT2D eigenvalue weighted by molar-refractivity contribution is -0.139. The highest BCUT2D eigenvalue weighted by atomic mass is 16.3. The van der Waals surface area contributed by atoms with Gasteiger partial charge in [0.2, 0.25) is 6.41 Å². The Morgan fingerprint density at radius 2 is 1.78 bits per heavy atom. The third-order valence-corrected chi connectivity index (χ3v) is 7.41. The van der Waals surface area contributed by atoms with E-state index in [0.29, 0.717) is 36.3 Å². The number of amides is 2. The molecule has 0 saturated heterocycles. The van der Waals surface area contributed by atoms with Gasteiger partial charge in [-0.05, 0) is 42.3 Å². The Kier molecular flexibility index (Phi) is 8.37. The van der Waals surface area contributed by atoms with Crippen LogP contribution in [0.5, 0.6) is 0 Å². The first-order chi connectivity index (χ1) is 20.0. The standard InChI is InChI=1S/C32H33N5O4/c1-24(10-7-8-18-35-22-26(17-19-38)33-34-35)32(41)29-15-5-6-16-30(29)36(31(32)40)21-25-11-9-14-28(20-25)37(23-39)27-12-3-2-4-13-27/h2-7,9-16,20,22-24,38,41H,8,17-19,21H2,1H3/b10-7+/t24-,32+/m0/s1. The summed E-state index contributed by atoms with van der Waals surface area (Å²) in [5.41, 5.74) is 2.51. The summed E-state index contributed by atoms with van der Waals surface area (Å²) < 4.78 is 1.71. The van der Waals surface area contributed by atoms with Gasteiger partial charge in [0.05, 0.1) is 17.9 Å². The van der Waals surface area contributed by atoms with Crippen molar-refractivity contribution < 1.29 is 19.8 Å². The van der Waals surface area contributed by atoms with Gasteiger partial charge in [0, 0.05) is 48.6 Å². The third-order valence-electron chi connectivity index (χ3n) is 7.41. The summed E-state index contributed by atoms with van der Waals surface area (Å²) >= 11 is 0. The van der Waals surface area contributed by atoms with E-state index in [1.165, 1.54) is 0 Å². The van der Waals surface area contributed by atoms with Gasteiger partial charge in [-0.1, -0.05) is 72.8 Å². The Balaban J connectivity index is 1.33. The van der Waals surface area contributed by atoms with Crippen LogP contribution in [0.4, 0.5) is 17.1 Å². The molecule has 2 N–H and O–H groups in total. The second-order valence-electron chi connectivity index (χ2n) is 10.1. The zero-order valence-corrected chi connectivity index (χ0v) is 22.9. The first kappa shape index (κ1) is 27.9. The van der Waals surface area contributed by atoms with Crippen LogP contribution < -0.4 is 9.80 Å². The Hall–Kier alpha value is -4.60. The fraction of sp³-hybridized carbons (Fsp3) is 0.250. The fourth-order valence-corrected chi connectivity index (χ4v) is 5.23. The number of aliphatic hydroxyl groups excluding tert-OH is 1. The number of para-hydroxylation sites is 2. The first-order valence-electron chi connectivity index (χ1n) is 13.6. The number of hydrogen-bond acceptors (Lipinski definition) is 6. The summed E-state index contributed by atoms with van der Waals surface area (Å²) in [6.07, 6.45) is 7.49. The molecule has 0 fully saturated rings. The van der Waals surface area contributed by atoms with E-state index in [1.807, 2.05) is 91.9 Å². The van der Waals surface area contributed by atoms with Crippen molar-refractivity contribution in [2.45, 2.75) is 38.5 Å². The van der Waals surface area contributed by atoms with Crippen LogP contribution in [0.1, 0.15) is 30.2 Å². The summed E-state index contributed by atoms with van der Waals surface area (Å²) in [4.78, 5) is 29.0. The van der Waals surface area contributed by atoms with Gasteiger partial charge in [0.1, 0.15) is 0 Å². The van der Waals surface area contributed by atoms with Crippen molar-refractivity contribution in [3.63, 3.8) is 0 Å². The maximum absolute atomic E-state index is 13.9. The molecule has 4 aromatic rings. The van der Waals surface area contributed by atoms with Crippen LogP contribution >= 0.6 is 0 Å². The summed E-state index contributed by atoms with van der Waals surface area (Å²) in [5, 5.41) is 29.0. The van der Waals surface area contributed by atoms with Crippen molar-refractivity contribution in [3.05, 3.63) is 114 Å². The quantitative estimate of drug-likeness (QED) is 0.202. The monoisotopic (exact) mass is 551 g/mol. The maximum atomic E-state index is 13.9. The number of benzene rings is 3. The normalized spacial score (nSPS) is 17.1. The van der Waals surface area contributed by atoms with Crippen molar-refractivity contribution in [3.8, 4) is 0 Å². The molecule has 2 atom stereocenters. The highest BCUT2D eigenvalue weighted by Crippen LogP contribution is 2.45. The molecule has 1 aliphatic heterocycles. The smallest absolute Gasteiger partial charge is 0.264 e. The van der Waals surface area contributed by atoms with Gasteiger partial charge in [-0.3, -0.25) is 19.2 Å². The number of allylic oxidation sites excluding steroid dienone is 1. The zero-order chi connectivity index (χ0) is 28.8. The van der Waals surface area contributed by atoms with E-state index in [1.54, 1.807) is 26.7 Å². The number of aryl methyl sites for hydroxylation is 1. The summed E-state index contributed by atoms with van der Waals surface area (Å²) in [6.45, 7) is 2.70. The van der Waals surface area contributed by atoms with Gasteiger partial charge < -0.3 is 15.1 Å². The van der Waals surface area contributed by atoms with Gasteiger partial charge in [-0.25, -0.2) is 0 Å². The maximum Gasteiger partial charge on any atom is 0.264 e. The number of aliphatic hydroxyl groups is 2. The number of aromatic nitrogens is 3. The Bertz CT molecular complexity index is 1540. The van der Waals surface area contributed by atoms with E-state index in [2.05, 4.69) is 10.3 Å². The van der Waals surface area contributed by atoms with Crippen molar-refractivity contribution in [1.82, 2.24) is 15.0 Å². The molecule has 0 spiro atoms. The number of carbonyl (C=O) groups excluding carboxylic acids is 2. The number of fused-ring (bicyclic) bond motifs is 1. The Morgan fingerprint density at radius 3 is 2.56 bits per heavy atom. The average molecular weight is 552 g/mol. The molecule has 0 saturated carbocycles. The van der Waals surface area contributed by atoms with Crippen molar-refractivity contribution in [2.75, 3.05) is 16.4 Å². The molecular weight excluding hydrogens is 518 g/mol. The second kappa shape index (κ2) is 12.3. The second-order valence-corrected chi connectivity index (χ2v) is 10.1. The van der Waals surface area contributed by atoms with Crippen LogP contribution in [-0.4, -0.2) is 44.1 Å². The summed E-state index contributed by atoms with van der Waals surface area (Å²) in [7, 11) is 0. The van der Waals surface area contributed by atoms with E-state index >= 15 is 0 Å². The van der Waals surface area contributed by atoms with Crippen LogP contribution in [0, 0.1) is 5.92 Å². The van der Waals surface area contributed by atoms with Crippen molar-refractivity contribution in [2.24, 2.45) is 5.92 Å². The van der Waals surface area contributed by atoms with E-state index in [0.717, 1.165) is 23.4 Å². The van der Waals surface area contributed by atoms with Crippen LogP contribution in [-0.2, 0) is 34.7 Å². The highest BCUT2D eigenvalue weighted by molar-refractivity contribution is 6.07. The fourth-order valence-electron chi connectivity index (χ4n) is 5.23. The zero-order valence-electron chi connectivity index (χ0n) is 22.9. The first-order valence-corrected chi connectivity index (χ1v) is 13.6. The van der Waals surface area contributed by atoms with Gasteiger partial charge in [0.25, 0.3) is 5.91 Å². The molecule has 9 nitrogen and oxygen atoms in total. The van der Waals surface area contributed by atoms with Crippen LogP contribution in [0.2, 0.25) is 0 Å². The lowest BCUT2D eigenvalue weighted by atomic mass is 9.83. The predicted molar refractivity (Wildman–Crippen MR) is 156 cm³/mol. The molecule has 0 aliphatic carbocycles. The highest BCUT2D eigenvalue weighted by Gasteiger charge is 2.52. The van der Waals surface area contributed by atoms with E-state index < -0.39 is 11.5 Å². The molecular formula is C32H33N5O4. The minimum atomic E-state index is -1.72. The molecule has 0 unspecified atom stereocenters. The Morgan fingerprint density at radius 1 is 1.02 bits per heavy atom. The number of carbonyl (C=O) groups is 2.